The third-order valence-electron chi connectivity index (χ3n) is 1.08. The molecule has 0 heterocycles. The molecule has 72 valence electrons. The summed E-state index contributed by atoms with van der Waals surface area (Å²) in [6.07, 6.45) is -0.523. The summed E-state index contributed by atoms with van der Waals surface area (Å²) in [6.45, 7) is 4.55. The van der Waals surface area contributed by atoms with Crippen LogP contribution in [0.4, 0.5) is 0 Å². The number of allylic oxidation sites excluding steroid dienone is 1. The van der Waals surface area contributed by atoms with Gasteiger partial charge < -0.3 is 7.16 Å². The Morgan fingerprint density at radius 1 is 1.77 bits per heavy atom. The van der Waals surface area contributed by atoms with Gasteiger partial charge in [0.25, 0.3) is 10.1 Å². The molecule has 0 aliphatic heterocycles. The first-order valence-corrected chi connectivity index (χ1v) is 4.62. The van der Waals surface area contributed by atoms with Gasteiger partial charge >= 0.3 is 29.6 Å². The van der Waals surface area contributed by atoms with Crippen LogP contribution in [0, 0.1) is 0 Å². The number of rotatable bonds is 5. The summed E-state index contributed by atoms with van der Waals surface area (Å²) in [5.74, 6) is 0. The van der Waals surface area contributed by atoms with E-state index in [4.69, 9.17) is 5.73 Å². The van der Waals surface area contributed by atoms with E-state index in [1.165, 1.54) is 6.92 Å². The van der Waals surface area contributed by atoms with Crippen LogP contribution in [0.5, 0.6) is 0 Å². The van der Waals surface area contributed by atoms with E-state index in [-0.39, 0.29) is 43.8 Å². The SMILES string of the molecule is C=C(C=O)S(=O)(=O)OC(C)CN.[H-].[Na+]. The average Bonchev–Trinajstić information content (AvgIpc) is 2.02. The van der Waals surface area contributed by atoms with Crippen molar-refractivity contribution < 1.29 is 48.4 Å². The van der Waals surface area contributed by atoms with Crippen LogP contribution in [0.15, 0.2) is 11.5 Å². The van der Waals surface area contributed by atoms with Crippen molar-refractivity contribution in [2.24, 2.45) is 5.73 Å². The Balaban J connectivity index is -0.000000605. The van der Waals surface area contributed by atoms with Crippen LogP contribution < -0.4 is 35.3 Å². The molecule has 13 heavy (non-hydrogen) atoms. The van der Waals surface area contributed by atoms with Crippen LogP contribution in [-0.2, 0) is 19.1 Å². The molecule has 0 amide bonds. The Hall–Kier alpha value is 0.280. The number of nitrogens with two attached hydrogens (primary N) is 1. The fourth-order valence-corrected chi connectivity index (χ4v) is 1.13. The summed E-state index contributed by atoms with van der Waals surface area (Å²) in [5.41, 5.74) is 5.11. The van der Waals surface area contributed by atoms with Gasteiger partial charge in [-0.05, 0) is 6.92 Å². The zero-order chi connectivity index (χ0) is 9.78. The van der Waals surface area contributed by atoms with Crippen molar-refractivity contribution in [1.29, 1.82) is 0 Å². The maximum absolute atomic E-state index is 10.9. The molecule has 0 bridgehead atoms. The van der Waals surface area contributed by atoms with Gasteiger partial charge in [-0.3, -0.25) is 8.98 Å². The standard InChI is InChI=1S/C6H11NO4S.Na.H/c1-5(3-7)11-12(9,10)6(2)4-8;;/h4-5H,2-3,7H2,1H3;;/q;+1;-1. The zero-order valence-corrected chi connectivity index (χ0v) is 10.5. The van der Waals surface area contributed by atoms with Crippen LogP contribution in [0.2, 0.25) is 0 Å². The van der Waals surface area contributed by atoms with Crippen molar-refractivity contribution in [3.63, 3.8) is 0 Å². The Labute approximate surface area is 101 Å². The fourth-order valence-electron chi connectivity index (χ4n) is 0.376. The molecule has 0 spiro atoms. The van der Waals surface area contributed by atoms with Gasteiger partial charge in [-0.15, -0.1) is 0 Å². The third-order valence-corrected chi connectivity index (χ3v) is 2.40. The molecule has 0 rings (SSSR count). The molecule has 5 nitrogen and oxygen atoms in total. The minimum absolute atomic E-state index is 0. The number of hydrogen-bond acceptors (Lipinski definition) is 5. The van der Waals surface area contributed by atoms with Crippen LogP contribution in [0.25, 0.3) is 0 Å². The second-order valence-electron chi connectivity index (χ2n) is 2.18. The van der Waals surface area contributed by atoms with E-state index < -0.39 is 21.1 Å². The summed E-state index contributed by atoms with van der Waals surface area (Å²) in [7, 11) is -3.96. The summed E-state index contributed by atoms with van der Waals surface area (Å²) < 4.78 is 26.3. The van der Waals surface area contributed by atoms with Gasteiger partial charge in [0, 0.05) is 6.54 Å². The minimum Gasteiger partial charge on any atom is -1.00 e. The van der Waals surface area contributed by atoms with E-state index >= 15 is 0 Å². The predicted octanol–water partition coefficient (Wildman–Crippen LogP) is -3.49. The topological polar surface area (TPSA) is 86.5 Å². The van der Waals surface area contributed by atoms with Gasteiger partial charge in [0.1, 0.15) is 4.91 Å². The van der Waals surface area contributed by atoms with Gasteiger partial charge in [-0.25, -0.2) is 0 Å². The van der Waals surface area contributed by atoms with Gasteiger partial charge in [0.15, 0.2) is 6.29 Å². The Morgan fingerprint density at radius 3 is 2.54 bits per heavy atom. The van der Waals surface area contributed by atoms with Gasteiger partial charge in [-0.1, -0.05) is 6.58 Å². The van der Waals surface area contributed by atoms with E-state index in [1.54, 1.807) is 0 Å². The first-order valence-electron chi connectivity index (χ1n) is 3.21. The summed E-state index contributed by atoms with van der Waals surface area (Å²) in [5, 5.41) is 0. The Morgan fingerprint density at radius 2 is 2.23 bits per heavy atom. The van der Waals surface area contributed by atoms with E-state index in [0.29, 0.717) is 0 Å². The average molecular weight is 217 g/mol. The summed E-state index contributed by atoms with van der Waals surface area (Å²) >= 11 is 0. The molecule has 0 aromatic carbocycles. The van der Waals surface area contributed by atoms with E-state index in [0.717, 1.165) is 0 Å². The molecule has 0 aromatic heterocycles. The van der Waals surface area contributed by atoms with Crippen molar-refractivity contribution in [1.82, 2.24) is 0 Å². The Bertz CT molecular complexity index is 280. The first-order chi connectivity index (χ1) is 5.44. The van der Waals surface area contributed by atoms with E-state index in [2.05, 4.69) is 10.8 Å². The molecule has 0 fully saturated rings. The van der Waals surface area contributed by atoms with Gasteiger partial charge in [-0.2, -0.15) is 8.42 Å². The van der Waals surface area contributed by atoms with Crippen molar-refractivity contribution in [2.45, 2.75) is 13.0 Å². The van der Waals surface area contributed by atoms with Crippen molar-refractivity contribution in [3.8, 4) is 0 Å². The molecule has 0 aromatic rings. The van der Waals surface area contributed by atoms with Gasteiger partial charge in [0.2, 0.25) is 0 Å². The smallest absolute Gasteiger partial charge is 1.00 e. The summed E-state index contributed by atoms with van der Waals surface area (Å²) in [6, 6.07) is 0. The maximum atomic E-state index is 10.9. The largest absolute Gasteiger partial charge is 1.00 e. The number of carbonyl (C=O) groups excluding carboxylic acids is 1. The molecule has 1 unspecified atom stereocenters. The number of aldehydes is 1. The van der Waals surface area contributed by atoms with Crippen molar-refractivity contribution in [2.75, 3.05) is 6.54 Å². The van der Waals surface area contributed by atoms with Crippen molar-refractivity contribution in [3.05, 3.63) is 11.5 Å². The zero-order valence-electron chi connectivity index (χ0n) is 8.69. The monoisotopic (exact) mass is 217 g/mol. The van der Waals surface area contributed by atoms with E-state index in [1.807, 2.05) is 0 Å². The summed E-state index contributed by atoms with van der Waals surface area (Å²) in [4.78, 5) is 9.44. The van der Waals surface area contributed by atoms with E-state index in [9.17, 15) is 13.2 Å². The fraction of sp³-hybridized carbons (Fsp3) is 0.500. The molecular weight excluding hydrogens is 205 g/mol. The molecule has 0 saturated heterocycles. The molecule has 0 saturated carbocycles. The second kappa shape index (κ2) is 6.69. The minimum atomic E-state index is -3.96. The molecule has 7 heteroatoms. The predicted molar refractivity (Wildman–Crippen MR) is 44.8 cm³/mol. The molecule has 0 aliphatic carbocycles. The maximum Gasteiger partial charge on any atom is 1.00 e. The van der Waals surface area contributed by atoms with Crippen LogP contribution >= 0.6 is 0 Å². The second-order valence-corrected chi connectivity index (χ2v) is 3.81. The number of carbonyl (C=O) groups is 1. The van der Waals surface area contributed by atoms with Crippen LogP contribution in [0.1, 0.15) is 8.35 Å². The third kappa shape index (κ3) is 5.56. The van der Waals surface area contributed by atoms with Gasteiger partial charge in [0.05, 0.1) is 6.10 Å². The molecule has 1 atom stereocenters. The van der Waals surface area contributed by atoms with Crippen molar-refractivity contribution >= 4 is 16.4 Å². The number of hydrogen-bond donors (Lipinski definition) is 1. The first kappa shape index (κ1) is 15.7. The molecule has 0 radical (unpaired) electrons. The molecule has 0 aliphatic rings. The molecular formula is C6H12NNaO4S. The van der Waals surface area contributed by atoms with Crippen LogP contribution in [0.3, 0.4) is 0 Å². The Kier molecular flexibility index (Phi) is 8.10. The quantitative estimate of drug-likeness (QED) is 0.223. The van der Waals surface area contributed by atoms with Crippen LogP contribution in [-0.4, -0.2) is 27.4 Å². The molecule has 2 N–H and O–H groups in total. The normalized spacial score (nSPS) is 12.8.